The molecule has 150 valence electrons. The summed E-state index contributed by atoms with van der Waals surface area (Å²) in [6.07, 6.45) is -9.17. The summed E-state index contributed by atoms with van der Waals surface area (Å²) >= 11 is 5.69. The molecule has 1 aromatic heterocycles. The van der Waals surface area contributed by atoms with Crippen LogP contribution in [0.2, 0.25) is 5.02 Å². The largest absolute Gasteiger partial charge is 0.471 e. The topological polar surface area (TPSA) is 42.4 Å². The van der Waals surface area contributed by atoms with Crippen LogP contribution in [0.3, 0.4) is 0 Å². The van der Waals surface area contributed by atoms with Gasteiger partial charge < -0.3 is 9.64 Å². The van der Waals surface area contributed by atoms with Crippen molar-refractivity contribution in [3.05, 3.63) is 58.2 Å². The van der Waals surface area contributed by atoms with Gasteiger partial charge in [0.25, 0.3) is 5.91 Å². The molecule has 1 amide bonds. The molecule has 3 rings (SSSR count). The van der Waals surface area contributed by atoms with Gasteiger partial charge in [0.1, 0.15) is 6.10 Å². The lowest BCUT2D eigenvalue weighted by Gasteiger charge is -2.38. The van der Waals surface area contributed by atoms with Crippen LogP contribution in [0.25, 0.3) is 0 Å². The van der Waals surface area contributed by atoms with Crippen LogP contribution in [0.1, 0.15) is 21.5 Å². The number of carbonyl (C=O) groups is 1. The fourth-order valence-corrected chi connectivity index (χ4v) is 2.65. The molecule has 0 unspecified atom stereocenters. The molecule has 1 saturated heterocycles. The fourth-order valence-electron chi connectivity index (χ4n) is 2.54. The van der Waals surface area contributed by atoms with Crippen LogP contribution in [0, 0.1) is 0 Å². The Morgan fingerprint density at radius 2 is 1.61 bits per heavy atom. The van der Waals surface area contributed by atoms with Crippen molar-refractivity contribution in [1.29, 1.82) is 0 Å². The third-order valence-corrected chi connectivity index (χ3v) is 4.18. The van der Waals surface area contributed by atoms with Gasteiger partial charge in [0.2, 0.25) is 5.88 Å². The zero-order valence-corrected chi connectivity index (χ0v) is 14.6. The van der Waals surface area contributed by atoms with Crippen molar-refractivity contribution in [2.24, 2.45) is 0 Å². The number of likely N-dealkylation sites (tertiary alicyclic amines) is 1. The van der Waals surface area contributed by atoms with Crippen LogP contribution in [0.15, 0.2) is 36.5 Å². The Hall–Kier alpha value is -2.49. The van der Waals surface area contributed by atoms with Crippen molar-refractivity contribution in [3.8, 4) is 5.88 Å². The van der Waals surface area contributed by atoms with Crippen LogP contribution >= 0.6 is 11.6 Å². The predicted octanol–water partition coefficient (Wildman–Crippen LogP) is 4.68. The van der Waals surface area contributed by atoms with Crippen molar-refractivity contribution in [3.63, 3.8) is 0 Å². The molecule has 2 aromatic rings. The Labute approximate surface area is 159 Å². The molecule has 1 aliphatic rings. The minimum atomic E-state index is -5.02. The van der Waals surface area contributed by atoms with Crippen LogP contribution in [-0.2, 0) is 12.4 Å². The number of nitrogens with zero attached hydrogens (tertiary/aromatic N) is 2. The molecule has 4 nitrogen and oxygen atoms in total. The quantitative estimate of drug-likeness (QED) is 0.672. The van der Waals surface area contributed by atoms with E-state index in [0.717, 1.165) is 4.90 Å². The molecule has 1 fully saturated rings. The van der Waals surface area contributed by atoms with Crippen LogP contribution in [-0.4, -0.2) is 35.0 Å². The number of rotatable bonds is 3. The number of aromatic nitrogens is 1. The van der Waals surface area contributed by atoms with Crippen molar-refractivity contribution < 1.29 is 35.9 Å². The number of carbonyl (C=O) groups excluding carboxylic acids is 1. The molecule has 0 atom stereocenters. The summed E-state index contributed by atoms with van der Waals surface area (Å²) < 4.78 is 82.9. The van der Waals surface area contributed by atoms with E-state index in [2.05, 4.69) is 4.98 Å². The van der Waals surface area contributed by atoms with E-state index in [9.17, 15) is 31.1 Å². The Bertz CT molecular complexity index is 844. The Morgan fingerprint density at radius 3 is 2.07 bits per heavy atom. The van der Waals surface area contributed by atoms with Gasteiger partial charge in [-0.1, -0.05) is 11.6 Å². The van der Waals surface area contributed by atoms with E-state index in [1.165, 1.54) is 18.3 Å². The van der Waals surface area contributed by atoms with E-state index in [1.54, 1.807) is 0 Å². The molecule has 1 aromatic carbocycles. The highest BCUT2D eigenvalue weighted by Gasteiger charge is 2.39. The minimum Gasteiger partial charge on any atom is -0.471 e. The maximum absolute atomic E-state index is 12.9. The molecule has 28 heavy (non-hydrogen) atoms. The number of pyridine rings is 1. The minimum absolute atomic E-state index is 0.000731. The average Bonchev–Trinajstić information content (AvgIpc) is 2.57. The summed E-state index contributed by atoms with van der Waals surface area (Å²) in [6, 6.07) is 3.83. The lowest BCUT2D eigenvalue weighted by molar-refractivity contribution is -0.143. The van der Waals surface area contributed by atoms with Crippen LogP contribution < -0.4 is 4.74 Å². The zero-order valence-electron chi connectivity index (χ0n) is 13.8. The van der Waals surface area contributed by atoms with E-state index in [4.69, 9.17) is 16.3 Å². The summed E-state index contributed by atoms with van der Waals surface area (Å²) in [5.41, 5.74) is -3.76. The van der Waals surface area contributed by atoms with Gasteiger partial charge >= 0.3 is 12.4 Å². The van der Waals surface area contributed by atoms with Crippen LogP contribution in [0.4, 0.5) is 26.3 Å². The van der Waals surface area contributed by atoms with E-state index in [1.807, 2.05) is 0 Å². The van der Waals surface area contributed by atoms with Gasteiger partial charge in [-0.2, -0.15) is 26.3 Å². The maximum atomic E-state index is 12.9. The normalized spacial score (nSPS) is 15.3. The maximum Gasteiger partial charge on any atom is 0.416 e. The van der Waals surface area contributed by atoms with E-state index >= 15 is 0 Å². The van der Waals surface area contributed by atoms with Crippen molar-refractivity contribution in [2.45, 2.75) is 18.5 Å². The van der Waals surface area contributed by atoms with Crippen molar-refractivity contribution >= 4 is 17.5 Å². The molecule has 0 radical (unpaired) electrons. The second-order valence-electron chi connectivity index (χ2n) is 6.06. The number of amides is 1. The second-order valence-corrected chi connectivity index (χ2v) is 6.50. The predicted molar refractivity (Wildman–Crippen MR) is 86.0 cm³/mol. The standard InChI is InChI=1S/C17H11ClF6N2O2/c18-12-1-2-14(25-6-12)28-13-7-26(8-13)15(27)9-3-10(16(19,20)21)5-11(4-9)17(22,23)24/h1-6,13H,7-8H2. The third kappa shape index (κ3) is 4.49. The van der Waals surface area contributed by atoms with Gasteiger partial charge in [-0.3, -0.25) is 4.79 Å². The lowest BCUT2D eigenvalue weighted by atomic mass is 10.0. The molecule has 0 aliphatic carbocycles. The lowest BCUT2D eigenvalue weighted by Crippen LogP contribution is -2.56. The number of benzene rings is 1. The van der Waals surface area contributed by atoms with E-state index in [0.29, 0.717) is 17.2 Å². The fraction of sp³-hybridized carbons (Fsp3) is 0.294. The smallest absolute Gasteiger partial charge is 0.416 e. The van der Waals surface area contributed by atoms with E-state index in [-0.39, 0.29) is 25.0 Å². The molecule has 0 bridgehead atoms. The Morgan fingerprint density at radius 1 is 1.04 bits per heavy atom. The van der Waals surface area contributed by atoms with Gasteiger partial charge in [0.15, 0.2) is 0 Å². The van der Waals surface area contributed by atoms with Gasteiger partial charge in [-0.25, -0.2) is 4.98 Å². The zero-order chi connectivity index (χ0) is 20.7. The molecule has 1 aliphatic heterocycles. The number of hydrogen-bond donors (Lipinski definition) is 0. The number of alkyl halides is 6. The first-order valence-corrected chi connectivity index (χ1v) is 8.18. The third-order valence-electron chi connectivity index (χ3n) is 3.96. The van der Waals surface area contributed by atoms with Gasteiger partial charge in [0.05, 0.1) is 29.2 Å². The highest BCUT2D eigenvalue weighted by atomic mass is 35.5. The Kier molecular flexibility index (Phi) is 5.18. The molecule has 0 spiro atoms. The second kappa shape index (κ2) is 7.16. The summed E-state index contributed by atoms with van der Waals surface area (Å²) in [5, 5.41) is 0.391. The molecule has 11 heteroatoms. The first kappa shape index (κ1) is 20.2. The molecule has 0 N–H and O–H groups in total. The van der Waals surface area contributed by atoms with Gasteiger partial charge in [-0.05, 0) is 24.3 Å². The molecule has 2 heterocycles. The first-order valence-electron chi connectivity index (χ1n) is 7.80. The first-order chi connectivity index (χ1) is 12.9. The summed E-state index contributed by atoms with van der Waals surface area (Å²) in [4.78, 5) is 17.3. The van der Waals surface area contributed by atoms with E-state index < -0.39 is 41.1 Å². The highest BCUT2D eigenvalue weighted by molar-refractivity contribution is 6.30. The van der Waals surface area contributed by atoms with Crippen LogP contribution in [0.5, 0.6) is 5.88 Å². The summed E-state index contributed by atoms with van der Waals surface area (Å²) in [7, 11) is 0. The number of halogens is 7. The number of ether oxygens (including phenoxy) is 1. The average molecular weight is 425 g/mol. The number of hydrogen-bond acceptors (Lipinski definition) is 3. The summed E-state index contributed by atoms with van der Waals surface area (Å²) in [6.45, 7) is 0.00146. The highest BCUT2D eigenvalue weighted by Crippen LogP contribution is 2.36. The summed E-state index contributed by atoms with van der Waals surface area (Å²) in [5.74, 6) is -0.708. The molecular weight excluding hydrogens is 414 g/mol. The SMILES string of the molecule is O=C(c1cc(C(F)(F)F)cc(C(F)(F)F)c1)N1CC(Oc2ccc(Cl)cn2)C1. The van der Waals surface area contributed by atoms with Gasteiger partial charge in [0, 0.05) is 17.8 Å². The molecule has 0 saturated carbocycles. The van der Waals surface area contributed by atoms with Crippen molar-refractivity contribution in [2.75, 3.05) is 13.1 Å². The molecular formula is C17H11ClF6N2O2. The van der Waals surface area contributed by atoms with Gasteiger partial charge in [-0.15, -0.1) is 0 Å². The Balaban J connectivity index is 1.73. The van der Waals surface area contributed by atoms with Crippen molar-refractivity contribution in [1.82, 2.24) is 9.88 Å². The monoisotopic (exact) mass is 424 g/mol.